The number of aromatic nitrogens is 3. The molecule has 0 spiro atoms. The summed E-state index contributed by atoms with van der Waals surface area (Å²) < 4.78 is 31.3. The Morgan fingerprint density at radius 3 is 2.44 bits per heavy atom. The third-order valence-electron chi connectivity index (χ3n) is 3.67. The minimum Gasteiger partial charge on any atom is -0.382 e. The fourth-order valence-corrected chi connectivity index (χ4v) is 4.81. The molecule has 0 saturated heterocycles. The van der Waals surface area contributed by atoms with Crippen molar-refractivity contribution in [1.82, 2.24) is 14.8 Å². The molecule has 0 unspecified atom stereocenters. The Balaban J connectivity index is 1.65. The maximum Gasteiger partial charge on any atom is 0.310 e. The molecule has 0 aliphatic heterocycles. The first-order valence-electron chi connectivity index (χ1n) is 8.27. The Kier molecular flexibility index (Phi) is 6.41. The smallest absolute Gasteiger partial charge is 0.310 e. The Morgan fingerprint density at radius 1 is 1.07 bits per heavy atom. The first-order chi connectivity index (χ1) is 13.0. The van der Waals surface area contributed by atoms with Crippen LogP contribution in [0, 0.1) is 0 Å². The van der Waals surface area contributed by atoms with E-state index in [1.54, 1.807) is 42.5 Å². The van der Waals surface area contributed by atoms with Gasteiger partial charge in [-0.25, -0.2) is 0 Å². The van der Waals surface area contributed by atoms with Crippen molar-refractivity contribution in [2.75, 3.05) is 11.5 Å². The zero-order valence-electron chi connectivity index (χ0n) is 14.6. The lowest BCUT2D eigenvalue weighted by Gasteiger charge is -2.08. The van der Waals surface area contributed by atoms with E-state index < -0.39 is 10.1 Å². The molecule has 9 heteroatoms. The highest BCUT2D eigenvalue weighted by atomic mass is 35.5. The van der Waals surface area contributed by atoms with Gasteiger partial charge in [0.25, 0.3) is 0 Å². The van der Waals surface area contributed by atoms with Gasteiger partial charge in [0.1, 0.15) is 5.75 Å². The summed E-state index contributed by atoms with van der Waals surface area (Å²) in [5, 5.41) is 9.75. The van der Waals surface area contributed by atoms with Gasteiger partial charge in [0.15, 0.2) is 11.0 Å². The summed E-state index contributed by atoms with van der Waals surface area (Å²) in [7, 11) is -3.67. The zero-order chi connectivity index (χ0) is 19.3. The van der Waals surface area contributed by atoms with E-state index >= 15 is 0 Å². The van der Waals surface area contributed by atoms with Gasteiger partial charge >= 0.3 is 10.1 Å². The van der Waals surface area contributed by atoms with Crippen LogP contribution in [0.3, 0.4) is 0 Å². The number of thioether (sulfide) groups is 1. The molecule has 3 rings (SSSR count). The second-order valence-electron chi connectivity index (χ2n) is 5.56. The minimum absolute atomic E-state index is 0.126. The summed E-state index contributed by atoms with van der Waals surface area (Å²) in [4.78, 5) is 0. The van der Waals surface area contributed by atoms with Crippen molar-refractivity contribution in [1.29, 1.82) is 0 Å². The fourth-order valence-electron chi connectivity index (χ4n) is 2.39. The third kappa shape index (κ3) is 5.24. The van der Waals surface area contributed by atoms with Crippen molar-refractivity contribution in [3.05, 3.63) is 59.6 Å². The van der Waals surface area contributed by atoms with E-state index in [1.807, 2.05) is 23.6 Å². The lowest BCUT2D eigenvalue weighted by molar-refractivity contribution is 0.488. The molecule has 27 heavy (non-hydrogen) atoms. The number of rotatable bonds is 8. The van der Waals surface area contributed by atoms with E-state index in [2.05, 4.69) is 10.2 Å². The Labute approximate surface area is 167 Å². The topological polar surface area (TPSA) is 74.1 Å². The molecule has 6 nitrogen and oxygen atoms in total. The van der Waals surface area contributed by atoms with Gasteiger partial charge in [0.2, 0.25) is 0 Å². The Bertz CT molecular complexity index is 990. The molecule has 2 aromatic carbocycles. The van der Waals surface area contributed by atoms with Crippen molar-refractivity contribution in [2.45, 2.75) is 18.6 Å². The third-order valence-corrected chi connectivity index (χ3v) is 6.30. The molecule has 0 amide bonds. The maximum absolute atomic E-state index is 12.1. The van der Waals surface area contributed by atoms with Gasteiger partial charge < -0.3 is 8.75 Å². The van der Waals surface area contributed by atoms with Gasteiger partial charge in [0, 0.05) is 22.9 Å². The Hall–Kier alpha value is -2.03. The van der Waals surface area contributed by atoms with Crippen LogP contribution in [0.2, 0.25) is 5.02 Å². The van der Waals surface area contributed by atoms with Crippen molar-refractivity contribution < 1.29 is 12.6 Å². The lowest BCUT2D eigenvalue weighted by Crippen LogP contribution is -2.15. The fraction of sp³-hybridized carbons (Fsp3) is 0.222. The molecule has 0 fully saturated rings. The molecule has 0 aliphatic carbocycles. The number of benzene rings is 2. The van der Waals surface area contributed by atoms with Gasteiger partial charge in [-0.15, -0.1) is 10.2 Å². The van der Waals surface area contributed by atoms with E-state index in [1.165, 1.54) is 11.8 Å². The largest absolute Gasteiger partial charge is 0.382 e. The zero-order valence-corrected chi connectivity index (χ0v) is 17.0. The summed E-state index contributed by atoms with van der Waals surface area (Å²) >= 11 is 7.26. The van der Waals surface area contributed by atoms with Gasteiger partial charge in [-0.3, -0.25) is 0 Å². The predicted octanol–water partition coefficient (Wildman–Crippen LogP) is 4.12. The average Bonchev–Trinajstić information content (AvgIpc) is 3.05. The maximum atomic E-state index is 12.1. The molecule has 142 valence electrons. The molecule has 1 heterocycles. The molecule has 3 aromatic rings. The molecular formula is C18H18ClN3O3S2. The lowest BCUT2D eigenvalue weighted by atomic mass is 10.2. The normalized spacial score (nSPS) is 11.5. The standard InChI is InChI=1S/C18H18ClN3O3S2/c1-2-22-17(14-8-10-15(19)11-9-14)20-21-18(22)26-12-13-27(23,24)25-16-6-4-3-5-7-16/h3-11H,2,12-13H2,1H3. The number of nitrogens with zero attached hydrogens (tertiary/aromatic N) is 3. The average molecular weight is 424 g/mol. The first-order valence-corrected chi connectivity index (χ1v) is 11.2. The van der Waals surface area contributed by atoms with Crippen molar-refractivity contribution in [2.24, 2.45) is 0 Å². The van der Waals surface area contributed by atoms with E-state index in [4.69, 9.17) is 15.8 Å². The van der Waals surface area contributed by atoms with Crippen LogP contribution in [0.4, 0.5) is 0 Å². The number of hydrogen-bond acceptors (Lipinski definition) is 6. The van der Waals surface area contributed by atoms with Crippen LogP contribution in [-0.2, 0) is 16.7 Å². The summed E-state index contributed by atoms with van der Waals surface area (Å²) in [6.45, 7) is 2.66. The molecule has 0 radical (unpaired) electrons. The molecule has 0 atom stereocenters. The van der Waals surface area contributed by atoms with Crippen molar-refractivity contribution in [3.8, 4) is 17.1 Å². The summed E-state index contributed by atoms with van der Waals surface area (Å²) in [6, 6.07) is 15.8. The number of hydrogen-bond donors (Lipinski definition) is 0. The van der Waals surface area contributed by atoms with E-state index in [9.17, 15) is 8.42 Å². The number of halogens is 1. The highest BCUT2D eigenvalue weighted by Crippen LogP contribution is 2.25. The van der Waals surface area contributed by atoms with Crippen LogP contribution >= 0.6 is 23.4 Å². The first kappa shape index (κ1) is 19.7. The summed E-state index contributed by atoms with van der Waals surface area (Å²) in [5.41, 5.74) is 0.903. The number of para-hydroxylation sites is 1. The van der Waals surface area contributed by atoms with Crippen LogP contribution in [0.5, 0.6) is 5.75 Å². The van der Waals surface area contributed by atoms with Gasteiger partial charge in [-0.05, 0) is 43.3 Å². The quantitative estimate of drug-likeness (QED) is 0.400. The van der Waals surface area contributed by atoms with Crippen LogP contribution in [0.25, 0.3) is 11.4 Å². The second-order valence-corrected chi connectivity index (χ2v) is 8.75. The van der Waals surface area contributed by atoms with Gasteiger partial charge in [-0.1, -0.05) is 41.6 Å². The highest BCUT2D eigenvalue weighted by Gasteiger charge is 2.16. The van der Waals surface area contributed by atoms with E-state index in [-0.39, 0.29) is 5.75 Å². The van der Waals surface area contributed by atoms with Crippen molar-refractivity contribution in [3.63, 3.8) is 0 Å². The second kappa shape index (κ2) is 8.77. The molecule has 0 bridgehead atoms. The molecular weight excluding hydrogens is 406 g/mol. The summed E-state index contributed by atoms with van der Waals surface area (Å²) in [5.74, 6) is 1.22. The minimum atomic E-state index is -3.67. The molecule has 0 aliphatic rings. The molecule has 0 N–H and O–H groups in total. The van der Waals surface area contributed by atoms with Crippen LogP contribution in [-0.4, -0.2) is 34.7 Å². The predicted molar refractivity (Wildman–Crippen MR) is 108 cm³/mol. The Morgan fingerprint density at radius 2 is 1.78 bits per heavy atom. The van der Waals surface area contributed by atoms with Gasteiger partial charge in [0.05, 0.1) is 5.75 Å². The van der Waals surface area contributed by atoms with Crippen LogP contribution in [0.1, 0.15) is 6.92 Å². The van der Waals surface area contributed by atoms with Crippen molar-refractivity contribution >= 4 is 33.5 Å². The highest BCUT2D eigenvalue weighted by molar-refractivity contribution is 8.00. The van der Waals surface area contributed by atoms with E-state index in [0.29, 0.717) is 28.2 Å². The SMILES string of the molecule is CCn1c(SCCS(=O)(=O)Oc2ccccc2)nnc1-c1ccc(Cl)cc1. The van der Waals surface area contributed by atoms with Gasteiger partial charge in [-0.2, -0.15) is 8.42 Å². The molecule has 0 saturated carbocycles. The summed E-state index contributed by atoms with van der Waals surface area (Å²) in [6.07, 6.45) is 0. The van der Waals surface area contributed by atoms with E-state index in [0.717, 1.165) is 11.4 Å². The van der Waals surface area contributed by atoms with Crippen LogP contribution < -0.4 is 4.18 Å². The molecule has 1 aromatic heterocycles. The van der Waals surface area contributed by atoms with Crippen LogP contribution in [0.15, 0.2) is 59.8 Å². The monoisotopic (exact) mass is 423 g/mol.